The van der Waals surface area contributed by atoms with E-state index in [2.05, 4.69) is 106 Å². The summed E-state index contributed by atoms with van der Waals surface area (Å²) in [7, 11) is 0. The summed E-state index contributed by atoms with van der Waals surface area (Å²) in [5.41, 5.74) is 4.16. The fourth-order valence-electron chi connectivity index (χ4n) is 3.25. The molecule has 3 aromatic carbocycles. The highest BCUT2D eigenvalue weighted by molar-refractivity contribution is 9.08. The predicted molar refractivity (Wildman–Crippen MR) is 116 cm³/mol. The molecule has 0 bridgehead atoms. The molecule has 3 heteroatoms. The number of alkyl halides is 2. The molecule has 0 N–H and O–H groups in total. The van der Waals surface area contributed by atoms with Crippen LogP contribution in [0.2, 0.25) is 0 Å². The van der Waals surface area contributed by atoms with Gasteiger partial charge >= 0.3 is 0 Å². The third-order valence-corrected chi connectivity index (χ3v) is 5.94. The Hall–Kier alpha value is -1.58. The predicted octanol–water partition coefficient (Wildman–Crippen LogP) is 7.21. The van der Waals surface area contributed by atoms with Crippen LogP contribution >= 0.6 is 31.9 Å². The first-order chi connectivity index (χ1) is 12.7. The van der Waals surface area contributed by atoms with Crippen LogP contribution in [-0.2, 0) is 16.3 Å². The molecule has 3 aromatic rings. The molecule has 0 atom stereocenters. The first kappa shape index (κ1) is 19.2. The third-order valence-electron chi connectivity index (χ3n) is 4.69. The smallest absolute Gasteiger partial charge is 0.159 e. The first-order valence-corrected chi connectivity index (χ1v) is 11.0. The fourth-order valence-corrected chi connectivity index (χ4v) is 4.07. The maximum Gasteiger partial charge on any atom is 0.159 e. The fraction of sp³-hybridized carbons (Fsp3) is 0.217. The van der Waals surface area contributed by atoms with Crippen LogP contribution < -0.4 is 4.74 Å². The van der Waals surface area contributed by atoms with E-state index in [1.54, 1.807) is 0 Å². The lowest BCUT2D eigenvalue weighted by Crippen LogP contribution is -2.34. The Labute approximate surface area is 172 Å². The topological polar surface area (TPSA) is 9.23 Å². The van der Waals surface area contributed by atoms with E-state index in [0.29, 0.717) is 0 Å². The Morgan fingerprint density at radius 2 is 1.35 bits per heavy atom. The van der Waals surface area contributed by atoms with Gasteiger partial charge in [-0.3, -0.25) is 0 Å². The Morgan fingerprint density at radius 3 is 1.81 bits per heavy atom. The largest absolute Gasteiger partial charge is 0.478 e. The lowest BCUT2D eigenvalue weighted by molar-refractivity contribution is 0.105. The van der Waals surface area contributed by atoms with Crippen LogP contribution in [0, 0.1) is 0 Å². The van der Waals surface area contributed by atoms with E-state index < -0.39 is 5.60 Å². The second-order valence-corrected chi connectivity index (χ2v) is 7.35. The van der Waals surface area contributed by atoms with E-state index >= 15 is 0 Å². The minimum Gasteiger partial charge on any atom is -0.478 e. The Balaban J connectivity index is 2.16. The Bertz CT molecular complexity index is 792. The molecule has 0 aliphatic heterocycles. The lowest BCUT2D eigenvalue weighted by atomic mass is 9.83. The summed E-state index contributed by atoms with van der Waals surface area (Å²) in [5.74, 6) is 0.924. The molecule has 0 fully saturated rings. The Kier molecular flexibility index (Phi) is 6.55. The van der Waals surface area contributed by atoms with Crippen molar-refractivity contribution in [1.82, 2.24) is 0 Å². The van der Waals surface area contributed by atoms with Crippen molar-refractivity contribution >= 4 is 31.9 Å². The van der Waals surface area contributed by atoms with Gasteiger partial charge in [-0.15, -0.1) is 0 Å². The van der Waals surface area contributed by atoms with Crippen LogP contribution in [0.4, 0.5) is 0 Å². The van der Waals surface area contributed by atoms with Crippen molar-refractivity contribution in [3.8, 4) is 5.75 Å². The minimum absolute atomic E-state index is 0.523. The van der Waals surface area contributed by atoms with Crippen molar-refractivity contribution in [2.24, 2.45) is 0 Å². The monoisotopic (exact) mass is 472 g/mol. The summed E-state index contributed by atoms with van der Waals surface area (Å²) >= 11 is 7.16. The van der Waals surface area contributed by atoms with Crippen molar-refractivity contribution in [1.29, 1.82) is 0 Å². The van der Waals surface area contributed by atoms with E-state index in [0.717, 1.165) is 28.4 Å². The molecule has 0 heterocycles. The molecule has 0 radical (unpaired) electrons. The van der Waals surface area contributed by atoms with E-state index in [1.807, 2.05) is 12.1 Å². The van der Waals surface area contributed by atoms with Gasteiger partial charge in [0.15, 0.2) is 5.60 Å². The normalized spacial score (nSPS) is 11.3. The molecule has 1 nitrogen and oxygen atoms in total. The standard InChI is InChI=1S/C23H22Br2O/c1-2-23(20-9-5-3-6-10-20,21-11-7-4-8-12-21)26-22-15-18(16-24)13-14-19(22)17-25/h3-15H,2,16-17H2,1H3. The molecule has 0 unspecified atom stereocenters. The zero-order chi connectivity index (χ0) is 18.4. The van der Waals surface area contributed by atoms with Gasteiger partial charge in [0.2, 0.25) is 0 Å². The van der Waals surface area contributed by atoms with Crippen LogP contribution in [0.3, 0.4) is 0 Å². The number of hydrogen-bond donors (Lipinski definition) is 0. The van der Waals surface area contributed by atoms with Gasteiger partial charge < -0.3 is 4.74 Å². The molecule has 26 heavy (non-hydrogen) atoms. The number of benzene rings is 3. The van der Waals surface area contributed by atoms with Gasteiger partial charge in [0.1, 0.15) is 5.75 Å². The van der Waals surface area contributed by atoms with Crippen molar-refractivity contribution in [3.63, 3.8) is 0 Å². The quantitative estimate of drug-likeness (QED) is 0.329. The molecule has 0 aliphatic rings. The van der Waals surface area contributed by atoms with Crippen LogP contribution in [0.15, 0.2) is 78.9 Å². The number of hydrogen-bond acceptors (Lipinski definition) is 1. The van der Waals surface area contributed by atoms with Crippen molar-refractivity contribution in [3.05, 3.63) is 101 Å². The lowest BCUT2D eigenvalue weighted by Gasteiger charge is -2.35. The second kappa shape index (κ2) is 8.88. The van der Waals surface area contributed by atoms with Gasteiger partial charge in [-0.1, -0.05) is 112 Å². The minimum atomic E-state index is -0.523. The van der Waals surface area contributed by atoms with Crippen LogP contribution in [0.1, 0.15) is 35.6 Å². The highest BCUT2D eigenvalue weighted by Gasteiger charge is 2.35. The SMILES string of the molecule is CCC(Oc1cc(CBr)ccc1CBr)(c1ccccc1)c1ccccc1. The molecule has 0 saturated heterocycles. The van der Waals surface area contributed by atoms with Gasteiger partial charge in [0.25, 0.3) is 0 Å². The molecule has 0 spiro atoms. The van der Waals surface area contributed by atoms with E-state index in [9.17, 15) is 0 Å². The highest BCUT2D eigenvalue weighted by atomic mass is 79.9. The first-order valence-electron chi connectivity index (χ1n) is 8.77. The summed E-state index contributed by atoms with van der Waals surface area (Å²) in [5, 5.41) is 1.57. The Morgan fingerprint density at radius 1 is 0.769 bits per heavy atom. The van der Waals surface area contributed by atoms with E-state index in [-0.39, 0.29) is 0 Å². The second-order valence-electron chi connectivity index (χ2n) is 6.22. The molecule has 0 amide bonds. The highest BCUT2D eigenvalue weighted by Crippen LogP contribution is 2.39. The van der Waals surface area contributed by atoms with Gasteiger partial charge in [0.05, 0.1) is 0 Å². The van der Waals surface area contributed by atoms with Gasteiger partial charge in [-0.2, -0.15) is 0 Å². The summed E-state index contributed by atoms with van der Waals surface area (Å²) < 4.78 is 6.84. The maximum atomic E-state index is 6.84. The molecular weight excluding hydrogens is 452 g/mol. The molecule has 0 saturated carbocycles. The van der Waals surface area contributed by atoms with Gasteiger partial charge in [0, 0.05) is 16.2 Å². The van der Waals surface area contributed by atoms with Crippen LogP contribution in [0.5, 0.6) is 5.75 Å². The van der Waals surface area contributed by atoms with Crippen molar-refractivity contribution in [2.45, 2.75) is 29.6 Å². The number of ether oxygens (including phenoxy) is 1. The summed E-state index contributed by atoms with van der Waals surface area (Å²) in [6.07, 6.45) is 0.835. The summed E-state index contributed by atoms with van der Waals surface area (Å²) in [6, 6.07) is 27.4. The maximum absolute atomic E-state index is 6.84. The zero-order valence-electron chi connectivity index (χ0n) is 14.8. The van der Waals surface area contributed by atoms with Crippen molar-refractivity contribution in [2.75, 3.05) is 0 Å². The third kappa shape index (κ3) is 3.89. The molecule has 0 aromatic heterocycles. The summed E-state index contributed by atoms with van der Waals surface area (Å²) in [4.78, 5) is 0. The molecular formula is C23H22Br2O. The molecule has 3 rings (SSSR count). The molecule has 134 valence electrons. The zero-order valence-corrected chi connectivity index (χ0v) is 18.0. The van der Waals surface area contributed by atoms with Crippen LogP contribution in [-0.4, -0.2) is 0 Å². The van der Waals surface area contributed by atoms with Crippen LogP contribution in [0.25, 0.3) is 0 Å². The van der Waals surface area contributed by atoms with E-state index in [4.69, 9.17) is 4.74 Å². The summed E-state index contributed by atoms with van der Waals surface area (Å²) in [6.45, 7) is 2.18. The van der Waals surface area contributed by atoms with Gasteiger partial charge in [-0.05, 0) is 29.2 Å². The van der Waals surface area contributed by atoms with Crippen molar-refractivity contribution < 1.29 is 4.74 Å². The number of rotatable bonds is 7. The number of halogens is 2. The average molecular weight is 474 g/mol. The molecule has 0 aliphatic carbocycles. The van der Waals surface area contributed by atoms with Gasteiger partial charge in [-0.25, -0.2) is 0 Å². The van der Waals surface area contributed by atoms with E-state index in [1.165, 1.54) is 16.7 Å². The average Bonchev–Trinajstić information content (AvgIpc) is 2.73.